The minimum Gasteiger partial charge on any atom is -0.463 e. The highest BCUT2D eigenvalue weighted by molar-refractivity contribution is 5.66. The first-order valence-electron chi connectivity index (χ1n) is 5.93. The van der Waals surface area contributed by atoms with Gasteiger partial charge in [-0.25, -0.2) is 0 Å². The van der Waals surface area contributed by atoms with Crippen LogP contribution in [0.25, 0.3) is 0 Å². The second-order valence-electron chi connectivity index (χ2n) is 4.03. The lowest BCUT2D eigenvalue weighted by molar-refractivity contribution is -0.182. The van der Waals surface area contributed by atoms with Gasteiger partial charge in [0.1, 0.15) is 13.2 Å². The van der Waals surface area contributed by atoms with E-state index in [0.29, 0.717) is 0 Å². The SMILES string of the molecule is CC(=O)OCCOC(OCCOC(C)=O)C(C)C. The van der Waals surface area contributed by atoms with Gasteiger partial charge in [-0.05, 0) is 0 Å². The number of carbonyl (C=O) groups is 2. The van der Waals surface area contributed by atoms with E-state index in [4.69, 9.17) is 18.9 Å². The normalized spacial score (nSPS) is 10.8. The first-order chi connectivity index (χ1) is 8.43. The van der Waals surface area contributed by atoms with Gasteiger partial charge >= 0.3 is 11.9 Å². The lowest BCUT2D eigenvalue weighted by Crippen LogP contribution is -2.27. The van der Waals surface area contributed by atoms with E-state index in [-0.39, 0.29) is 44.3 Å². The molecule has 6 heteroatoms. The van der Waals surface area contributed by atoms with Gasteiger partial charge in [-0.3, -0.25) is 9.59 Å². The van der Waals surface area contributed by atoms with Crippen LogP contribution in [0, 0.1) is 5.92 Å². The van der Waals surface area contributed by atoms with Crippen molar-refractivity contribution in [1.29, 1.82) is 0 Å². The Hall–Kier alpha value is -1.14. The van der Waals surface area contributed by atoms with Crippen LogP contribution in [0.3, 0.4) is 0 Å². The third kappa shape index (κ3) is 10.0. The largest absolute Gasteiger partial charge is 0.463 e. The summed E-state index contributed by atoms with van der Waals surface area (Å²) in [6, 6.07) is 0. The van der Waals surface area contributed by atoms with Crippen LogP contribution >= 0.6 is 0 Å². The Kier molecular flexibility index (Phi) is 9.22. The Morgan fingerprint density at radius 2 is 1.22 bits per heavy atom. The molecule has 0 saturated carbocycles. The van der Waals surface area contributed by atoms with Crippen LogP contribution in [0.15, 0.2) is 0 Å². The molecule has 0 aromatic carbocycles. The van der Waals surface area contributed by atoms with Crippen molar-refractivity contribution in [2.24, 2.45) is 5.92 Å². The molecule has 0 aliphatic carbocycles. The summed E-state index contributed by atoms with van der Waals surface area (Å²) in [5, 5.41) is 0. The summed E-state index contributed by atoms with van der Waals surface area (Å²) < 4.78 is 20.3. The number of ether oxygens (including phenoxy) is 4. The standard InChI is InChI=1S/C12H22O6/c1-9(2)12(17-7-5-15-10(3)13)18-8-6-16-11(4)14/h9,12H,5-8H2,1-4H3. The predicted molar refractivity (Wildman–Crippen MR) is 63.8 cm³/mol. The summed E-state index contributed by atoms with van der Waals surface area (Å²) >= 11 is 0. The molecule has 0 atom stereocenters. The van der Waals surface area contributed by atoms with Crippen LogP contribution in [0.1, 0.15) is 27.7 Å². The molecule has 0 aromatic rings. The molecule has 0 spiro atoms. The minimum atomic E-state index is -0.406. The molecule has 0 amide bonds. The minimum absolute atomic E-state index is 0.152. The quantitative estimate of drug-likeness (QED) is 0.352. The predicted octanol–water partition coefficient (Wildman–Crippen LogP) is 1.13. The van der Waals surface area contributed by atoms with Crippen LogP contribution < -0.4 is 0 Å². The maximum absolute atomic E-state index is 10.5. The zero-order valence-corrected chi connectivity index (χ0v) is 11.4. The van der Waals surface area contributed by atoms with Crippen molar-refractivity contribution in [3.05, 3.63) is 0 Å². The fourth-order valence-corrected chi connectivity index (χ4v) is 1.13. The molecule has 0 N–H and O–H groups in total. The van der Waals surface area contributed by atoms with Gasteiger partial charge in [-0.2, -0.15) is 0 Å². The molecule has 0 aliphatic rings. The topological polar surface area (TPSA) is 71.1 Å². The van der Waals surface area contributed by atoms with Gasteiger partial charge in [0.15, 0.2) is 6.29 Å². The molecule has 0 heterocycles. The van der Waals surface area contributed by atoms with E-state index in [1.54, 1.807) is 0 Å². The molecule has 0 rings (SSSR count). The van der Waals surface area contributed by atoms with Crippen molar-refractivity contribution in [3.8, 4) is 0 Å². The maximum Gasteiger partial charge on any atom is 0.302 e. The summed E-state index contributed by atoms with van der Waals surface area (Å²) in [4.78, 5) is 21.1. The highest BCUT2D eigenvalue weighted by Crippen LogP contribution is 2.08. The lowest BCUT2D eigenvalue weighted by atomic mass is 10.2. The van der Waals surface area contributed by atoms with Crippen molar-refractivity contribution in [2.45, 2.75) is 34.0 Å². The van der Waals surface area contributed by atoms with Crippen molar-refractivity contribution >= 4 is 11.9 Å². The van der Waals surface area contributed by atoms with Crippen LogP contribution in [0.2, 0.25) is 0 Å². The summed E-state index contributed by atoms with van der Waals surface area (Å²) in [7, 11) is 0. The van der Waals surface area contributed by atoms with Gasteiger partial charge in [-0.15, -0.1) is 0 Å². The first kappa shape index (κ1) is 16.9. The second kappa shape index (κ2) is 9.85. The monoisotopic (exact) mass is 262 g/mol. The molecular weight excluding hydrogens is 240 g/mol. The van der Waals surface area contributed by atoms with E-state index >= 15 is 0 Å². The Bertz CT molecular complexity index is 229. The zero-order chi connectivity index (χ0) is 14.0. The third-order valence-electron chi connectivity index (χ3n) is 1.89. The summed E-state index contributed by atoms with van der Waals surface area (Å²) in [6.45, 7) is 7.53. The molecule has 0 aliphatic heterocycles. The summed E-state index contributed by atoms with van der Waals surface area (Å²) in [5.74, 6) is -0.523. The van der Waals surface area contributed by atoms with Gasteiger partial charge in [-0.1, -0.05) is 13.8 Å². The van der Waals surface area contributed by atoms with Crippen molar-refractivity contribution in [2.75, 3.05) is 26.4 Å². The molecule has 0 unspecified atom stereocenters. The number of hydrogen-bond donors (Lipinski definition) is 0. The van der Waals surface area contributed by atoms with Gasteiger partial charge in [0.05, 0.1) is 13.2 Å². The average molecular weight is 262 g/mol. The highest BCUT2D eigenvalue weighted by atomic mass is 16.7. The maximum atomic E-state index is 10.5. The fraction of sp³-hybridized carbons (Fsp3) is 0.833. The Morgan fingerprint density at radius 3 is 1.50 bits per heavy atom. The van der Waals surface area contributed by atoms with Gasteiger partial charge in [0.25, 0.3) is 0 Å². The van der Waals surface area contributed by atoms with Crippen LogP contribution in [0.4, 0.5) is 0 Å². The van der Waals surface area contributed by atoms with E-state index in [0.717, 1.165) is 0 Å². The van der Waals surface area contributed by atoms with Gasteiger partial charge in [0.2, 0.25) is 0 Å². The number of hydrogen-bond acceptors (Lipinski definition) is 6. The molecule has 18 heavy (non-hydrogen) atoms. The van der Waals surface area contributed by atoms with Crippen molar-refractivity contribution in [3.63, 3.8) is 0 Å². The highest BCUT2D eigenvalue weighted by Gasteiger charge is 2.14. The van der Waals surface area contributed by atoms with Crippen LogP contribution in [-0.2, 0) is 28.5 Å². The van der Waals surface area contributed by atoms with E-state index in [1.807, 2.05) is 13.8 Å². The molecule has 0 bridgehead atoms. The van der Waals surface area contributed by atoms with E-state index < -0.39 is 6.29 Å². The average Bonchev–Trinajstić information content (AvgIpc) is 2.25. The van der Waals surface area contributed by atoms with Crippen molar-refractivity contribution < 1.29 is 28.5 Å². The third-order valence-corrected chi connectivity index (χ3v) is 1.89. The Morgan fingerprint density at radius 1 is 0.833 bits per heavy atom. The second-order valence-corrected chi connectivity index (χ2v) is 4.03. The molecule has 0 saturated heterocycles. The summed E-state index contributed by atoms with van der Waals surface area (Å²) in [6.07, 6.45) is -0.406. The van der Waals surface area contributed by atoms with E-state index in [2.05, 4.69) is 0 Å². The molecule has 0 fully saturated rings. The zero-order valence-electron chi connectivity index (χ0n) is 11.4. The van der Waals surface area contributed by atoms with Crippen LogP contribution in [-0.4, -0.2) is 44.7 Å². The molecule has 0 radical (unpaired) electrons. The fourth-order valence-electron chi connectivity index (χ4n) is 1.13. The van der Waals surface area contributed by atoms with Gasteiger partial charge < -0.3 is 18.9 Å². The molecule has 0 aromatic heterocycles. The van der Waals surface area contributed by atoms with Gasteiger partial charge in [0, 0.05) is 19.8 Å². The number of rotatable bonds is 9. The number of carbonyl (C=O) groups excluding carboxylic acids is 2. The summed E-state index contributed by atoms with van der Waals surface area (Å²) in [5.41, 5.74) is 0. The Balaban J connectivity index is 3.71. The van der Waals surface area contributed by atoms with Crippen LogP contribution in [0.5, 0.6) is 0 Å². The molecule has 6 nitrogen and oxygen atoms in total. The van der Waals surface area contributed by atoms with E-state index in [1.165, 1.54) is 13.8 Å². The Labute approximate surface area is 108 Å². The molecule has 106 valence electrons. The lowest BCUT2D eigenvalue weighted by Gasteiger charge is -2.21. The first-order valence-corrected chi connectivity index (χ1v) is 5.93. The number of esters is 2. The van der Waals surface area contributed by atoms with E-state index in [9.17, 15) is 9.59 Å². The molecular formula is C12H22O6. The smallest absolute Gasteiger partial charge is 0.302 e. The van der Waals surface area contributed by atoms with Crippen molar-refractivity contribution in [1.82, 2.24) is 0 Å².